The molecule has 0 amide bonds. The van der Waals surface area contributed by atoms with E-state index in [-0.39, 0.29) is 0 Å². The van der Waals surface area contributed by atoms with Gasteiger partial charge < -0.3 is 5.11 Å². The van der Waals surface area contributed by atoms with Crippen molar-refractivity contribution in [2.75, 3.05) is 0 Å². The number of phenolic OH excluding ortho intramolecular Hbond substituents is 1. The molecule has 1 heteroatoms. The topological polar surface area (TPSA) is 20.2 Å². The minimum atomic E-state index is 0.324. The van der Waals surface area contributed by atoms with Crippen molar-refractivity contribution in [3.05, 3.63) is 64.7 Å². The smallest absolute Gasteiger partial charge is 0.115 e. The molecular formula is C15H16O. The summed E-state index contributed by atoms with van der Waals surface area (Å²) in [5, 5.41) is 9.23. The number of hydrogen-bond acceptors (Lipinski definition) is 1. The summed E-state index contributed by atoms with van der Waals surface area (Å²) in [6, 6.07) is 13.8. The SMILES string of the molecule is Cc1cccc(C)c1Cc1ccc(O)cc1. The molecule has 0 unspecified atom stereocenters. The Hall–Kier alpha value is -1.76. The van der Waals surface area contributed by atoms with Crippen LogP contribution in [0, 0.1) is 13.8 Å². The van der Waals surface area contributed by atoms with Crippen LogP contribution < -0.4 is 0 Å². The molecule has 2 rings (SSSR count). The van der Waals surface area contributed by atoms with E-state index in [4.69, 9.17) is 0 Å². The number of hydrogen-bond donors (Lipinski definition) is 1. The number of aromatic hydroxyl groups is 1. The van der Waals surface area contributed by atoms with Crippen molar-refractivity contribution < 1.29 is 5.11 Å². The summed E-state index contributed by atoms with van der Waals surface area (Å²) >= 11 is 0. The van der Waals surface area contributed by atoms with Crippen LogP contribution in [0.25, 0.3) is 0 Å². The first-order valence-electron chi connectivity index (χ1n) is 5.50. The molecule has 0 spiro atoms. The molecule has 0 aliphatic rings. The minimum absolute atomic E-state index is 0.324. The summed E-state index contributed by atoms with van der Waals surface area (Å²) < 4.78 is 0. The fourth-order valence-electron chi connectivity index (χ4n) is 1.95. The van der Waals surface area contributed by atoms with Crippen molar-refractivity contribution in [1.29, 1.82) is 0 Å². The van der Waals surface area contributed by atoms with Crippen molar-refractivity contribution in [1.82, 2.24) is 0 Å². The van der Waals surface area contributed by atoms with Gasteiger partial charge in [0.25, 0.3) is 0 Å². The van der Waals surface area contributed by atoms with Crippen molar-refractivity contribution >= 4 is 0 Å². The number of benzene rings is 2. The molecular weight excluding hydrogens is 196 g/mol. The van der Waals surface area contributed by atoms with Gasteiger partial charge in [-0.15, -0.1) is 0 Å². The highest BCUT2D eigenvalue weighted by atomic mass is 16.3. The molecule has 0 radical (unpaired) electrons. The zero-order valence-corrected chi connectivity index (χ0v) is 9.70. The third-order valence-corrected chi connectivity index (χ3v) is 2.96. The highest BCUT2D eigenvalue weighted by Gasteiger charge is 2.03. The Kier molecular flexibility index (Phi) is 2.95. The summed E-state index contributed by atoms with van der Waals surface area (Å²) in [4.78, 5) is 0. The second-order valence-corrected chi connectivity index (χ2v) is 4.21. The maximum absolute atomic E-state index is 9.23. The molecule has 0 aromatic heterocycles. The standard InChI is InChI=1S/C15H16O/c1-11-4-3-5-12(2)15(11)10-13-6-8-14(16)9-7-13/h3-9,16H,10H2,1-2H3. The lowest BCUT2D eigenvalue weighted by Crippen LogP contribution is -1.94. The van der Waals surface area contributed by atoms with Crippen molar-refractivity contribution in [2.24, 2.45) is 0 Å². The summed E-state index contributed by atoms with van der Waals surface area (Å²) in [5.74, 6) is 0.324. The van der Waals surface area contributed by atoms with E-state index in [1.807, 2.05) is 12.1 Å². The van der Waals surface area contributed by atoms with Gasteiger partial charge in [-0.3, -0.25) is 0 Å². The molecule has 1 N–H and O–H groups in total. The molecule has 82 valence electrons. The molecule has 2 aromatic rings. The molecule has 0 bridgehead atoms. The molecule has 16 heavy (non-hydrogen) atoms. The second-order valence-electron chi connectivity index (χ2n) is 4.21. The highest BCUT2D eigenvalue weighted by molar-refractivity contribution is 5.38. The first kappa shape index (κ1) is 10.7. The van der Waals surface area contributed by atoms with Gasteiger partial charge in [-0.25, -0.2) is 0 Å². The maximum Gasteiger partial charge on any atom is 0.115 e. The van der Waals surface area contributed by atoms with E-state index in [1.54, 1.807) is 12.1 Å². The van der Waals surface area contributed by atoms with Crippen LogP contribution in [0.5, 0.6) is 5.75 Å². The fraction of sp³-hybridized carbons (Fsp3) is 0.200. The Labute approximate surface area is 96.4 Å². The predicted molar refractivity (Wildman–Crippen MR) is 66.8 cm³/mol. The van der Waals surface area contributed by atoms with Gasteiger partial charge in [0.05, 0.1) is 0 Å². The molecule has 0 atom stereocenters. The van der Waals surface area contributed by atoms with Crippen LogP contribution in [0.2, 0.25) is 0 Å². The van der Waals surface area contributed by atoms with Crippen molar-refractivity contribution in [3.63, 3.8) is 0 Å². The van der Waals surface area contributed by atoms with Crippen LogP contribution in [0.15, 0.2) is 42.5 Å². The van der Waals surface area contributed by atoms with E-state index in [1.165, 1.54) is 22.3 Å². The van der Waals surface area contributed by atoms with E-state index in [0.29, 0.717) is 5.75 Å². The molecule has 2 aromatic carbocycles. The lowest BCUT2D eigenvalue weighted by molar-refractivity contribution is 0.475. The van der Waals surface area contributed by atoms with E-state index < -0.39 is 0 Å². The zero-order chi connectivity index (χ0) is 11.5. The van der Waals surface area contributed by atoms with Crippen LogP contribution in [-0.2, 0) is 6.42 Å². The minimum Gasteiger partial charge on any atom is -0.508 e. The van der Waals surface area contributed by atoms with Crippen LogP contribution in [0.3, 0.4) is 0 Å². The summed E-state index contributed by atoms with van der Waals surface area (Å²) in [7, 11) is 0. The van der Waals surface area contributed by atoms with Crippen LogP contribution in [-0.4, -0.2) is 5.11 Å². The second kappa shape index (κ2) is 4.40. The average Bonchev–Trinajstić information content (AvgIpc) is 2.26. The van der Waals surface area contributed by atoms with Gasteiger partial charge >= 0.3 is 0 Å². The molecule has 0 saturated carbocycles. The van der Waals surface area contributed by atoms with Gasteiger partial charge in [-0.1, -0.05) is 30.3 Å². The van der Waals surface area contributed by atoms with Crippen LogP contribution >= 0.6 is 0 Å². The first-order chi connectivity index (χ1) is 7.66. The fourth-order valence-corrected chi connectivity index (χ4v) is 1.95. The number of aryl methyl sites for hydroxylation is 2. The first-order valence-corrected chi connectivity index (χ1v) is 5.50. The Bertz CT molecular complexity index is 463. The molecule has 0 fully saturated rings. The Balaban J connectivity index is 2.30. The van der Waals surface area contributed by atoms with E-state index in [2.05, 4.69) is 32.0 Å². The molecule has 0 aliphatic carbocycles. The third-order valence-electron chi connectivity index (χ3n) is 2.96. The van der Waals surface area contributed by atoms with Gasteiger partial charge in [0.1, 0.15) is 5.75 Å². The normalized spacial score (nSPS) is 10.4. The van der Waals surface area contributed by atoms with Gasteiger partial charge in [0.15, 0.2) is 0 Å². The number of rotatable bonds is 2. The summed E-state index contributed by atoms with van der Waals surface area (Å²) in [6.45, 7) is 4.28. The Morgan fingerprint density at radius 2 is 1.44 bits per heavy atom. The lowest BCUT2D eigenvalue weighted by atomic mass is 9.96. The molecule has 0 saturated heterocycles. The number of phenols is 1. The predicted octanol–water partition coefficient (Wildman–Crippen LogP) is 3.60. The largest absolute Gasteiger partial charge is 0.508 e. The van der Waals surface area contributed by atoms with Crippen molar-refractivity contribution in [3.8, 4) is 5.75 Å². The average molecular weight is 212 g/mol. The highest BCUT2D eigenvalue weighted by Crippen LogP contribution is 2.19. The molecule has 0 heterocycles. The lowest BCUT2D eigenvalue weighted by Gasteiger charge is -2.09. The molecule has 1 nitrogen and oxygen atoms in total. The summed E-state index contributed by atoms with van der Waals surface area (Å²) in [6.07, 6.45) is 0.929. The van der Waals surface area contributed by atoms with E-state index >= 15 is 0 Å². The van der Waals surface area contributed by atoms with E-state index in [9.17, 15) is 5.11 Å². The van der Waals surface area contributed by atoms with Crippen LogP contribution in [0.1, 0.15) is 22.3 Å². The van der Waals surface area contributed by atoms with Gasteiger partial charge in [-0.2, -0.15) is 0 Å². The third kappa shape index (κ3) is 2.25. The maximum atomic E-state index is 9.23. The Morgan fingerprint density at radius 1 is 0.875 bits per heavy atom. The quantitative estimate of drug-likeness (QED) is 0.806. The van der Waals surface area contributed by atoms with Crippen molar-refractivity contribution in [2.45, 2.75) is 20.3 Å². The van der Waals surface area contributed by atoms with Gasteiger partial charge in [0.2, 0.25) is 0 Å². The zero-order valence-electron chi connectivity index (χ0n) is 9.70. The van der Waals surface area contributed by atoms with Crippen LogP contribution in [0.4, 0.5) is 0 Å². The molecule has 0 aliphatic heterocycles. The summed E-state index contributed by atoms with van der Waals surface area (Å²) in [5.41, 5.74) is 5.27. The van der Waals surface area contributed by atoms with E-state index in [0.717, 1.165) is 6.42 Å². The monoisotopic (exact) mass is 212 g/mol. The van der Waals surface area contributed by atoms with Gasteiger partial charge in [-0.05, 0) is 54.7 Å². The Morgan fingerprint density at radius 3 is 2.00 bits per heavy atom. The van der Waals surface area contributed by atoms with Gasteiger partial charge in [0, 0.05) is 0 Å².